The van der Waals surface area contributed by atoms with Gasteiger partial charge in [-0.05, 0) is 37.3 Å². The largest absolute Gasteiger partial charge is 0.389 e. The minimum atomic E-state index is -1.05. The van der Waals surface area contributed by atoms with Gasteiger partial charge < -0.3 is 5.11 Å². The molecule has 1 nitrogen and oxygen atoms in total. The van der Waals surface area contributed by atoms with E-state index in [2.05, 4.69) is 0 Å². The van der Waals surface area contributed by atoms with E-state index in [0.717, 1.165) is 12.8 Å². The van der Waals surface area contributed by atoms with Gasteiger partial charge in [0.1, 0.15) is 11.6 Å². The number of aliphatic hydroxyl groups is 1. The molecule has 1 unspecified atom stereocenters. The van der Waals surface area contributed by atoms with E-state index in [1.54, 1.807) is 6.92 Å². The van der Waals surface area contributed by atoms with Gasteiger partial charge in [0.25, 0.3) is 0 Å². The molecule has 1 aliphatic carbocycles. The van der Waals surface area contributed by atoms with Crippen LogP contribution in [0.15, 0.2) is 18.2 Å². The van der Waals surface area contributed by atoms with Crippen LogP contribution >= 0.6 is 0 Å². The lowest BCUT2D eigenvalue weighted by atomic mass is 9.82. The van der Waals surface area contributed by atoms with E-state index in [4.69, 9.17) is 0 Å². The second-order valence-corrected chi connectivity index (χ2v) is 5.21. The first-order chi connectivity index (χ1) is 7.36. The predicted octanol–water partition coefficient (Wildman–Crippen LogP) is 3.06. The summed E-state index contributed by atoms with van der Waals surface area (Å²) in [6.07, 6.45) is 1.86. The standard InChI is InChI=1S/C13H16F2O/c1-12(6-7-12)13(2,16)8-9-10(14)4-3-5-11(9)15/h3-5,16H,6-8H2,1-2H3. The summed E-state index contributed by atoms with van der Waals surface area (Å²) in [5.41, 5.74) is -1.25. The Morgan fingerprint density at radius 2 is 1.81 bits per heavy atom. The highest BCUT2D eigenvalue weighted by Gasteiger charge is 2.52. The van der Waals surface area contributed by atoms with Crippen molar-refractivity contribution in [1.82, 2.24) is 0 Å². The first-order valence-corrected chi connectivity index (χ1v) is 5.51. The summed E-state index contributed by atoms with van der Waals surface area (Å²) in [5, 5.41) is 10.3. The summed E-state index contributed by atoms with van der Waals surface area (Å²) >= 11 is 0. The number of halogens is 2. The van der Waals surface area contributed by atoms with Crippen molar-refractivity contribution in [3.8, 4) is 0 Å². The van der Waals surface area contributed by atoms with Gasteiger partial charge in [0.05, 0.1) is 5.60 Å². The van der Waals surface area contributed by atoms with Crippen molar-refractivity contribution in [2.24, 2.45) is 5.41 Å². The quantitative estimate of drug-likeness (QED) is 0.839. The molecule has 0 aromatic heterocycles. The first-order valence-electron chi connectivity index (χ1n) is 5.51. The third kappa shape index (κ3) is 1.84. The Kier molecular flexibility index (Phi) is 2.54. The van der Waals surface area contributed by atoms with Crippen LogP contribution in [0.2, 0.25) is 0 Å². The number of hydrogen-bond acceptors (Lipinski definition) is 1. The Bertz CT molecular complexity index is 388. The van der Waals surface area contributed by atoms with Crippen LogP contribution in [0.1, 0.15) is 32.3 Å². The molecule has 1 saturated carbocycles. The molecule has 1 N–H and O–H groups in total. The molecule has 1 fully saturated rings. The van der Waals surface area contributed by atoms with Crippen LogP contribution in [-0.4, -0.2) is 10.7 Å². The van der Waals surface area contributed by atoms with E-state index in [1.165, 1.54) is 18.2 Å². The van der Waals surface area contributed by atoms with Crippen LogP contribution < -0.4 is 0 Å². The van der Waals surface area contributed by atoms with Gasteiger partial charge in [-0.25, -0.2) is 8.78 Å². The van der Waals surface area contributed by atoms with Crippen molar-refractivity contribution in [2.75, 3.05) is 0 Å². The van der Waals surface area contributed by atoms with E-state index >= 15 is 0 Å². The molecule has 0 saturated heterocycles. The second kappa shape index (κ2) is 3.52. The Morgan fingerprint density at radius 1 is 1.31 bits per heavy atom. The van der Waals surface area contributed by atoms with Crippen LogP contribution in [0.5, 0.6) is 0 Å². The summed E-state index contributed by atoms with van der Waals surface area (Å²) in [6.45, 7) is 3.61. The highest BCUT2D eigenvalue weighted by atomic mass is 19.1. The van der Waals surface area contributed by atoms with Gasteiger partial charge in [-0.15, -0.1) is 0 Å². The Balaban J connectivity index is 2.27. The Hall–Kier alpha value is -0.960. The smallest absolute Gasteiger partial charge is 0.129 e. The minimum Gasteiger partial charge on any atom is -0.389 e. The van der Waals surface area contributed by atoms with Crippen molar-refractivity contribution in [3.05, 3.63) is 35.4 Å². The van der Waals surface area contributed by atoms with Crippen molar-refractivity contribution >= 4 is 0 Å². The molecule has 1 aliphatic rings. The maximum absolute atomic E-state index is 13.4. The molecule has 0 bridgehead atoms. The van der Waals surface area contributed by atoms with Crippen molar-refractivity contribution in [1.29, 1.82) is 0 Å². The van der Waals surface area contributed by atoms with Gasteiger partial charge in [0.2, 0.25) is 0 Å². The van der Waals surface area contributed by atoms with E-state index in [1.807, 2.05) is 6.92 Å². The third-order valence-electron chi connectivity index (χ3n) is 3.88. The van der Waals surface area contributed by atoms with Crippen molar-refractivity contribution in [2.45, 2.75) is 38.7 Å². The molecule has 1 aromatic carbocycles. The lowest BCUT2D eigenvalue weighted by Crippen LogP contribution is -2.37. The second-order valence-electron chi connectivity index (χ2n) is 5.21. The number of benzene rings is 1. The van der Waals surface area contributed by atoms with Crippen LogP contribution in [0, 0.1) is 17.0 Å². The van der Waals surface area contributed by atoms with Gasteiger partial charge in [-0.1, -0.05) is 13.0 Å². The third-order valence-corrected chi connectivity index (χ3v) is 3.88. The maximum Gasteiger partial charge on any atom is 0.129 e. The molecule has 0 spiro atoms. The fourth-order valence-corrected chi connectivity index (χ4v) is 1.98. The Labute approximate surface area is 94.1 Å². The average Bonchev–Trinajstić information content (AvgIpc) is 2.92. The SMILES string of the molecule is CC(O)(Cc1c(F)cccc1F)C1(C)CC1. The highest BCUT2D eigenvalue weighted by Crippen LogP contribution is 2.54. The molecule has 1 atom stereocenters. The molecular weight excluding hydrogens is 210 g/mol. The van der Waals surface area contributed by atoms with Gasteiger partial charge in [0.15, 0.2) is 0 Å². The van der Waals surface area contributed by atoms with Gasteiger partial charge >= 0.3 is 0 Å². The summed E-state index contributed by atoms with van der Waals surface area (Å²) in [6, 6.07) is 3.79. The van der Waals surface area contributed by atoms with E-state index < -0.39 is 17.2 Å². The summed E-state index contributed by atoms with van der Waals surface area (Å²) < 4.78 is 26.9. The maximum atomic E-state index is 13.4. The zero-order chi connectivity index (χ0) is 12.0. The monoisotopic (exact) mass is 226 g/mol. The lowest BCUT2D eigenvalue weighted by molar-refractivity contribution is -0.00841. The lowest BCUT2D eigenvalue weighted by Gasteiger charge is -2.30. The first kappa shape index (κ1) is 11.5. The molecule has 0 amide bonds. The van der Waals surface area contributed by atoms with Crippen molar-refractivity contribution < 1.29 is 13.9 Å². The molecule has 1 aromatic rings. The van der Waals surface area contributed by atoms with Crippen LogP contribution in [-0.2, 0) is 6.42 Å². The zero-order valence-corrected chi connectivity index (χ0v) is 9.56. The molecule has 2 rings (SSSR count). The summed E-state index contributed by atoms with van der Waals surface area (Å²) in [7, 11) is 0. The number of rotatable bonds is 3. The minimum absolute atomic E-state index is 0.0133. The summed E-state index contributed by atoms with van der Waals surface area (Å²) in [4.78, 5) is 0. The molecular formula is C13H16F2O. The normalized spacial score (nSPS) is 21.6. The van der Waals surface area contributed by atoms with E-state index in [-0.39, 0.29) is 17.4 Å². The predicted molar refractivity (Wildman–Crippen MR) is 58.0 cm³/mol. The molecule has 3 heteroatoms. The topological polar surface area (TPSA) is 20.2 Å². The van der Waals surface area contributed by atoms with Gasteiger partial charge in [-0.3, -0.25) is 0 Å². The Morgan fingerprint density at radius 3 is 2.25 bits per heavy atom. The van der Waals surface area contributed by atoms with Gasteiger partial charge in [-0.2, -0.15) is 0 Å². The summed E-state index contributed by atoms with van der Waals surface area (Å²) in [5.74, 6) is -1.16. The molecule has 16 heavy (non-hydrogen) atoms. The van der Waals surface area contributed by atoms with Crippen LogP contribution in [0.4, 0.5) is 8.78 Å². The molecule has 88 valence electrons. The highest BCUT2D eigenvalue weighted by molar-refractivity contribution is 5.23. The van der Waals surface area contributed by atoms with Gasteiger partial charge in [0, 0.05) is 12.0 Å². The van der Waals surface area contributed by atoms with E-state index in [0.29, 0.717) is 0 Å². The number of hydrogen-bond donors (Lipinski definition) is 1. The fraction of sp³-hybridized carbons (Fsp3) is 0.538. The molecule has 0 aliphatic heterocycles. The zero-order valence-electron chi connectivity index (χ0n) is 9.56. The van der Waals surface area contributed by atoms with Crippen molar-refractivity contribution in [3.63, 3.8) is 0 Å². The average molecular weight is 226 g/mol. The van der Waals surface area contributed by atoms with E-state index in [9.17, 15) is 13.9 Å². The van der Waals surface area contributed by atoms with Crippen LogP contribution in [0.25, 0.3) is 0 Å². The molecule has 0 heterocycles. The van der Waals surface area contributed by atoms with Crippen LogP contribution in [0.3, 0.4) is 0 Å². The fourth-order valence-electron chi connectivity index (χ4n) is 1.98. The molecule has 0 radical (unpaired) electrons.